The number of carbonyl (C=O) groups is 2. The van der Waals surface area contributed by atoms with Gasteiger partial charge in [0.2, 0.25) is 0 Å². The molecular weight excluding hydrogens is 320 g/mol. The number of fused-ring (bicyclic) bond motifs is 1. The van der Waals surface area contributed by atoms with E-state index in [0.717, 1.165) is 11.3 Å². The van der Waals surface area contributed by atoms with Crippen molar-refractivity contribution in [1.29, 1.82) is 0 Å². The second-order valence-electron chi connectivity index (χ2n) is 3.85. The quantitative estimate of drug-likeness (QED) is 0.404. The van der Waals surface area contributed by atoms with E-state index < -0.39 is 16.8 Å². The zero-order valence-corrected chi connectivity index (χ0v) is 12.3. The Morgan fingerprint density at radius 2 is 2.19 bits per heavy atom. The lowest BCUT2D eigenvalue weighted by Gasteiger charge is -2.03. The third-order valence-electron chi connectivity index (χ3n) is 2.50. The monoisotopic (exact) mass is 328 g/mol. The number of amides is 1. The molecule has 0 spiro atoms. The maximum absolute atomic E-state index is 11.7. The van der Waals surface area contributed by atoms with Crippen LogP contribution in [-0.4, -0.2) is 23.4 Å². The average Bonchev–Trinajstić information content (AvgIpc) is 2.77. The van der Waals surface area contributed by atoms with Gasteiger partial charge in [0, 0.05) is 15.1 Å². The highest BCUT2D eigenvalue weighted by atomic mass is 35.5. The van der Waals surface area contributed by atoms with Crippen molar-refractivity contribution >= 4 is 55.6 Å². The van der Waals surface area contributed by atoms with Gasteiger partial charge < -0.3 is 10.1 Å². The van der Waals surface area contributed by atoms with Crippen molar-refractivity contribution in [1.82, 2.24) is 0 Å². The van der Waals surface area contributed by atoms with Gasteiger partial charge in [0.15, 0.2) is 0 Å². The van der Waals surface area contributed by atoms with Gasteiger partial charge in [-0.15, -0.1) is 0 Å². The second-order valence-corrected chi connectivity index (χ2v) is 5.32. The normalized spacial score (nSPS) is 10.4. The fraction of sp³-hybridized carbons (Fsp3) is 0.167. The zero-order valence-electron chi connectivity index (χ0n) is 10.7. The number of ether oxygens (including phenoxy) is 1. The van der Waals surface area contributed by atoms with Crippen molar-refractivity contribution in [3.63, 3.8) is 0 Å². The van der Waals surface area contributed by atoms with Crippen LogP contribution in [0.3, 0.4) is 0 Å². The summed E-state index contributed by atoms with van der Waals surface area (Å²) in [5.74, 6) is -2.16. The Hall–Kier alpha value is -2.19. The zero-order chi connectivity index (χ0) is 15.6. The van der Waals surface area contributed by atoms with Gasteiger partial charge in [0.25, 0.3) is 0 Å². The van der Waals surface area contributed by atoms with Gasteiger partial charge in [-0.1, -0.05) is 22.9 Å². The number of esters is 1. The van der Waals surface area contributed by atoms with E-state index in [1.807, 2.05) is 0 Å². The predicted octanol–water partition coefficient (Wildman–Crippen LogP) is 2.96. The minimum atomic E-state index is -1.10. The molecule has 0 aliphatic heterocycles. The SMILES string of the molecule is CCOC(=O)C(=O)Nc1c([N+](=O)[O-])sc2cc(Cl)ccc12. The molecule has 2 aromatic rings. The summed E-state index contributed by atoms with van der Waals surface area (Å²) >= 11 is 6.70. The maximum Gasteiger partial charge on any atom is 0.397 e. The number of hydrogen-bond acceptors (Lipinski definition) is 6. The first-order valence-electron chi connectivity index (χ1n) is 5.78. The van der Waals surface area contributed by atoms with E-state index >= 15 is 0 Å². The lowest BCUT2D eigenvalue weighted by Crippen LogP contribution is -2.25. The highest BCUT2D eigenvalue weighted by molar-refractivity contribution is 7.23. The Kier molecular flexibility index (Phi) is 4.39. The molecule has 0 saturated carbocycles. The molecular formula is C12H9ClN2O5S. The van der Waals surface area contributed by atoms with Crippen LogP contribution in [-0.2, 0) is 14.3 Å². The molecule has 1 heterocycles. The van der Waals surface area contributed by atoms with Gasteiger partial charge in [-0.3, -0.25) is 14.9 Å². The number of rotatable bonds is 3. The summed E-state index contributed by atoms with van der Waals surface area (Å²) in [5, 5.41) is 13.9. The van der Waals surface area contributed by atoms with E-state index in [0.29, 0.717) is 15.1 Å². The molecule has 0 aliphatic carbocycles. The van der Waals surface area contributed by atoms with E-state index in [4.69, 9.17) is 11.6 Å². The summed E-state index contributed by atoms with van der Waals surface area (Å²) in [7, 11) is 0. The van der Waals surface area contributed by atoms with E-state index in [1.54, 1.807) is 25.1 Å². The Labute approximate surface area is 127 Å². The fourth-order valence-electron chi connectivity index (χ4n) is 1.67. The molecule has 2 rings (SSSR count). The topological polar surface area (TPSA) is 98.5 Å². The number of halogens is 1. The van der Waals surface area contributed by atoms with Crippen LogP contribution in [0.2, 0.25) is 5.02 Å². The minimum absolute atomic E-state index is 0.0327. The van der Waals surface area contributed by atoms with Crippen molar-refractivity contribution in [3.05, 3.63) is 33.3 Å². The van der Waals surface area contributed by atoms with Crippen LogP contribution in [0.1, 0.15) is 6.92 Å². The summed E-state index contributed by atoms with van der Waals surface area (Å²) in [6.07, 6.45) is 0. The van der Waals surface area contributed by atoms with E-state index in [9.17, 15) is 19.7 Å². The van der Waals surface area contributed by atoms with Gasteiger partial charge in [-0.05, 0) is 25.1 Å². The van der Waals surface area contributed by atoms with Crippen LogP contribution in [0.25, 0.3) is 10.1 Å². The van der Waals surface area contributed by atoms with Gasteiger partial charge in [-0.25, -0.2) is 4.79 Å². The van der Waals surface area contributed by atoms with Gasteiger partial charge in [0.1, 0.15) is 5.69 Å². The Bertz CT molecular complexity index is 743. The van der Waals surface area contributed by atoms with Gasteiger partial charge in [0.05, 0.1) is 11.5 Å². The number of anilines is 1. The number of thiophene rings is 1. The molecule has 0 saturated heterocycles. The molecule has 7 nitrogen and oxygen atoms in total. The summed E-state index contributed by atoms with van der Waals surface area (Å²) in [5.41, 5.74) is -0.0327. The smallest absolute Gasteiger partial charge is 0.397 e. The number of nitro groups is 1. The number of nitrogens with zero attached hydrogens (tertiary/aromatic N) is 1. The van der Waals surface area contributed by atoms with Crippen LogP contribution in [0.4, 0.5) is 10.7 Å². The minimum Gasteiger partial charge on any atom is -0.459 e. The summed E-state index contributed by atoms with van der Waals surface area (Å²) in [4.78, 5) is 33.4. The lowest BCUT2D eigenvalue weighted by molar-refractivity contribution is -0.379. The molecule has 1 amide bonds. The molecule has 0 unspecified atom stereocenters. The first-order valence-corrected chi connectivity index (χ1v) is 6.98. The third-order valence-corrected chi connectivity index (χ3v) is 3.84. The van der Waals surface area contributed by atoms with E-state index in [-0.39, 0.29) is 17.3 Å². The van der Waals surface area contributed by atoms with Crippen LogP contribution >= 0.6 is 22.9 Å². The molecule has 0 fully saturated rings. The molecule has 1 N–H and O–H groups in total. The summed E-state index contributed by atoms with van der Waals surface area (Å²) in [6, 6.07) is 4.64. The van der Waals surface area contributed by atoms with Crippen LogP contribution in [0.15, 0.2) is 18.2 Å². The van der Waals surface area contributed by atoms with E-state index in [2.05, 4.69) is 10.1 Å². The summed E-state index contributed by atoms with van der Waals surface area (Å²) < 4.78 is 5.08. The largest absolute Gasteiger partial charge is 0.459 e. The van der Waals surface area contributed by atoms with Gasteiger partial charge >= 0.3 is 16.9 Å². The molecule has 110 valence electrons. The average molecular weight is 329 g/mol. The fourth-order valence-corrected chi connectivity index (χ4v) is 2.92. The summed E-state index contributed by atoms with van der Waals surface area (Å²) in [6.45, 7) is 1.59. The van der Waals surface area contributed by atoms with Crippen LogP contribution < -0.4 is 5.32 Å². The Morgan fingerprint density at radius 3 is 2.81 bits per heavy atom. The first-order chi connectivity index (χ1) is 9.93. The lowest BCUT2D eigenvalue weighted by atomic mass is 10.2. The van der Waals surface area contributed by atoms with Crippen LogP contribution in [0.5, 0.6) is 0 Å². The molecule has 0 bridgehead atoms. The van der Waals surface area contributed by atoms with Gasteiger partial charge in [-0.2, -0.15) is 0 Å². The number of hydrogen-bond donors (Lipinski definition) is 1. The molecule has 21 heavy (non-hydrogen) atoms. The number of nitrogens with one attached hydrogen (secondary N) is 1. The molecule has 1 aromatic heterocycles. The molecule has 9 heteroatoms. The molecule has 0 aliphatic rings. The van der Waals surface area contributed by atoms with Crippen molar-refractivity contribution in [2.45, 2.75) is 6.92 Å². The highest BCUT2D eigenvalue weighted by Gasteiger charge is 2.26. The van der Waals surface area contributed by atoms with Crippen molar-refractivity contribution < 1.29 is 19.2 Å². The Morgan fingerprint density at radius 1 is 1.48 bits per heavy atom. The standard InChI is InChI=1S/C12H9ClN2O5S/c1-2-20-12(17)10(16)14-9-7-4-3-6(13)5-8(7)21-11(9)15(18)19/h3-5H,2H2,1H3,(H,14,16). The van der Waals surface area contributed by atoms with Crippen LogP contribution in [0, 0.1) is 10.1 Å². The van der Waals surface area contributed by atoms with Crippen molar-refractivity contribution in [3.8, 4) is 0 Å². The number of carbonyl (C=O) groups excluding carboxylic acids is 2. The van der Waals surface area contributed by atoms with Crippen molar-refractivity contribution in [2.24, 2.45) is 0 Å². The molecule has 0 radical (unpaired) electrons. The highest BCUT2D eigenvalue weighted by Crippen LogP contribution is 2.42. The molecule has 1 aromatic carbocycles. The first kappa shape index (κ1) is 15.2. The van der Waals surface area contributed by atoms with Crippen molar-refractivity contribution in [2.75, 3.05) is 11.9 Å². The predicted molar refractivity (Wildman–Crippen MR) is 78.8 cm³/mol. The third kappa shape index (κ3) is 3.11. The maximum atomic E-state index is 11.7. The Balaban J connectivity index is 2.46. The molecule has 0 atom stereocenters. The van der Waals surface area contributed by atoms with E-state index in [1.165, 1.54) is 0 Å². The second kappa shape index (κ2) is 6.06. The number of benzene rings is 1.